The van der Waals surface area contributed by atoms with E-state index in [9.17, 15) is 4.79 Å². The van der Waals surface area contributed by atoms with E-state index in [0.717, 1.165) is 12.2 Å². The zero-order chi connectivity index (χ0) is 9.98. The molecule has 0 saturated carbocycles. The van der Waals surface area contributed by atoms with Crippen LogP contribution in [0.2, 0.25) is 14.8 Å². The first kappa shape index (κ1) is 15.1. The molecule has 0 aromatic rings. The Balaban J connectivity index is 0. The molecular formula is C8H19O2SSn+. The summed E-state index contributed by atoms with van der Waals surface area (Å²) in [7, 11) is 1.39. The molecule has 4 heteroatoms. The molecule has 0 aliphatic heterocycles. The van der Waals surface area contributed by atoms with Gasteiger partial charge in [0.05, 0.1) is 7.11 Å². The van der Waals surface area contributed by atoms with Crippen molar-refractivity contribution in [2.75, 3.05) is 12.9 Å². The van der Waals surface area contributed by atoms with Crippen molar-refractivity contribution in [1.29, 1.82) is 0 Å². The molecule has 0 radical (unpaired) electrons. The molecule has 12 heavy (non-hydrogen) atoms. The Morgan fingerprint density at radius 1 is 1.42 bits per heavy atom. The third-order valence-corrected chi connectivity index (χ3v) is 1.08. The molecule has 0 N–H and O–H groups in total. The molecule has 0 saturated heterocycles. The van der Waals surface area contributed by atoms with Crippen LogP contribution in [0.15, 0.2) is 0 Å². The predicted molar refractivity (Wildman–Crippen MR) is 58.4 cm³/mol. The minimum absolute atomic E-state index is 0.154. The van der Waals surface area contributed by atoms with E-state index < -0.39 is 19.8 Å². The normalized spacial score (nSPS) is 8.08. The van der Waals surface area contributed by atoms with Gasteiger partial charge in [-0.15, -0.1) is 0 Å². The van der Waals surface area contributed by atoms with Crippen LogP contribution >= 0.6 is 12.6 Å². The van der Waals surface area contributed by atoms with Crippen LogP contribution < -0.4 is 0 Å². The molecular weight excluding hydrogens is 279 g/mol. The van der Waals surface area contributed by atoms with E-state index in [0.29, 0.717) is 6.42 Å². The van der Waals surface area contributed by atoms with Gasteiger partial charge in [-0.3, -0.25) is 4.79 Å². The molecule has 0 heterocycles. The van der Waals surface area contributed by atoms with Crippen molar-refractivity contribution >= 4 is 38.4 Å². The maximum atomic E-state index is 10.3. The van der Waals surface area contributed by atoms with Gasteiger partial charge < -0.3 is 4.74 Å². The van der Waals surface area contributed by atoms with E-state index in [2.05, 4.69) is 32.2 Å². The fourth-order valence-corrected chi connectivity index (χ4v) is 0.484. The predicted octanol–water partition coefficient (Wildman–Crippen LogP) is 2.24. The summed E-state index contributed by atoms with van der Waals surface area (Å²) < 4.78 is 4.38. The van der Waals surface area contributed by atoms with Gasteiger partial charge in [0.25, 0.3) is 0 Å². The Bertz CT molecular complexity index is 104. The summed E-state index contributed by atoms with van der Waals surface area (Å²) in [6.45, 7) is 0. The van der Waals surface area contributed by atoms with Crippen LogP contribution in [0, 0.1) is 0 Å². The Labute approximate surface area is 88.2 Å². The second-order valence-electron chi connectivity index (χ2n) is 2.90. The topological polar surface area (TPSA) is 26.3 Å². The fourth-order valence-electron chi connectivity index (χ4n) is 0.325. The summed E-state index contributed by atoms with van der Waals surface area (Å²) >= 11 is 3.38. The maximum absolute atomic E-state index is 10.3. The quantitative estimate of drug-likeness (QED) is 0.491. The van der Waals surface area contributed by atoms with Gasteiger partial charge in [0.15, 0.2) is 0 Å². The van der Waals surface area contributed by atoms with E-state index >= 15 is 0 Å². The number of thiol groups is 1. The SMILES string of the molecule is COC(=O)CCCS.[CH3][Sn+]([CH3])[CH3]. The zero-order valence-electron chi connectivity index (χ0n) is 8.39. The first-order chi connectivity index (χ1) is 5.54. The molecule has 2 nitrogen and oxygen atoms in total. The summed E-state index contributed by atoms with van der Waals surface area (Å²) in [6.07, 6.45) is 1.29. The van der Waals surface area contributed by atoms with Crippen LogP contribution in [-0.4, -0.2) is 38.6 Å². The first-order valence-corrected chi connectivity index (χ1v) is 13.2. The van der Waals surface area contributed by atoms with Gasteiger partial charge in [0.1, 0.15) is 0 Å². The van der Waals surface area contributed by atoms with E-state index in [-0.39, 0.29) is 5.97 Å². The van der Waals surface area contributed by atoms with E-state index in [4.69, 9.17) is 0 Å². The molecule has 0 unspecified atom stereocenters. The molecule has 0 aromatic carbocycles. The Morgan fingerprint density at radius 3 is 2.08 bits per heavy atom. The van der Waals surface area contributed by atoms with E-state index in [1.165, 1.54) is 7.11 Å². The van der Waals surface area contributed by atoms with Crippen molar-refractivity contribution in [3.8, 4) is 0 Å². The van der Waals surface area contributed by atoms with Crippen LogP contribution in [0.25, 0.3) is 0 Å². The summed E-state index contributed by atoms with van der Waals surface area (Å²) in [6, 6.07) is 0. The van der Waals surface area contributed by atoms with Gasteiger partial charge in [-0.05, 0) is 12.2 Å². The van der Waals surface area contributed by atoms with E-state index in [1.807, 2.05) is 0 Å². The van der Waals surface area contributed by atoms with Gasteiger partial charge in [0, 0.05) is 6.42 Å². The number of hydrogen-bond donors (Lipinski definition) is 1. The van der Waals surface area contributed by atoms with Crippen molar-refractivity contribution in [2.45, 2.75) is 27.7 Å². The third-order valence-electron chi connectivity index (χ3n) is 0.767. The molecule has 0 aliphatic rings. The number of rotatable bonds is 3. The van der Waals surface area contributed by atoms with Crippen molar-refractivity contribution in [3.63, 3.8) is 0 Å². The van der Waals surface area contributed by atoms with Crippen molar-refractivity contribution in [1.82, 2.24) is 0 Å². The Kier molecular flexibility index (Phi) is 14.6. The zero-order valence-corrected chi connectivity index (χ0v) is 12.1. The molecule has 72 valence electrons. The second-order valence-corrected chi connectivity index (χ2v) is 11.9. The van der Waals surface area contributed by atoms with E-state index in [1.54, 1.807) is 0 Å². The Morgan fingerprint density at radius 2 is 1.83 bits per heavy atom. The summed E-state index contributed by atoms with van der Waals surface area (Å²) in [5.41, 5.74) is 0. The molecule has 0 atom stereocenters. The van der Waals surface area contributed by atoms with Gasteiger partial charge in [0.2, 0.25) is 0 Å². The molecule has 0 aromatic heterocycles. The van der Waals surface area contributed by atoms with Gasteiger partial charge in [-0.25, -0.2) is 0 Å². The third kappa shape index (κ3) is 22.4. The van der Waals surface area contributed by atoms with Crippen molar-refractivity contribution < 1.29 is 9.53 Å². The average molecular weight is 298 g/mol. The molecule has 0 rings (SSSR count). The fraction of sp³-hybridized carbons (Fsp3) is 0.875. The van der Waals surface area contributed by atoms with Gasteiger partial charge in [-0.1, -0.05) is 0 Å². The summed E-state index contributed by atoms with van der Waals surface area (Å²) in [4.78, 5) is 17.4. The molecule has 0 amide bonds. The minimum atomic E-state index is -0.543. The van der Waals surface area contributed by atoms with Crippen molar-refractivity contribution in [3.05, 3.63) is 0 Å². The number of carbonyl (C=O) groups excluding carboxylic acids is 1. The van der Waals surface area contributed by atoms with Crippen LogP contribution in [0.3, 0.4) is 0 Å². The first-order valence-electron chi connectivity index (χ1n) is 3.99. The number of methoxy groups -OCH3 is 1. The van der Waals surface area contributed by atoms with Gasteiger partial charge in [-0.2, -0.15) is 12.6 Å². The van der Waals surface area contributed by atoms with Crippen LogP contribution in [0.5, 0.6) is 0 Å². The summed E-state index contributed by atoms with van der Waals surface area (Å²) in [5.74, 6) is 0.591. The molecule has 0 spiro atoms. The molecule has 0 aliphatic carbocycles. The summed E-state index contributed by atoms with van der Waals surface area (Å²) in [5, 5.41) is 0. The van der Waals surface area contributed by atoms with Crippen LogP contribution in [-0.2, 0) is 9.53 Å². The standard InChI is InChI=1S/C5H10O2S.3CH3.Sn/c1-7-5(6)3-2-4-8;;;;/h8H,2-4H2,1H3;3*1H3;/q;;;;+1. The van der Waals surface area contributed by atoms with Crippen LogP contribution in [0.1, 0.15) is 12.8 Å². The second kappa shape index (κ2) is 11.6. The average Bonchev–Trinajstić information content (AvgIpc) is 1.99. The van der Waals surface area contributed by atoms with Crippen LogP contribution in [0.4, 0.5) is 0 Å². The van der Waals surface area contributed by atoms with Gasteiger partial charge >= 0.3 is 40.5 Å². The Hall–Kier alpha value is 0.619. The molecule has 0 bridgehead atoms. The monoisotopic (exact) mass is 299 g/mol. The van der Waals surface area contributed by atoms with Crippen molar-refractivity contribution in [2.24, 2.45) is 0 Å². The number of ether oxygens (including phenoxy) is 1. The number of esters is 1. The number of hydrogen-bond acceptors (Lipinski definition) is 3. The molecule has 0 fully saturated rings. The number of carbonyl (C=O) groups is 1.